The van der Waals surface area contributed by atoms with Crippen molar-refractivity contribution in [2.75, 3.05) is 26.6 Å². The number of ether oxygens (including phenoxy) is 3. The average molecular weight is 463 g/mol. The van der Waals surface area contributed by atoms with Crippen LogP contribution in [0.15, 0.2) is 42.5 Å². The van der Waals surface area contributed by atoms with Gasteiger partial charge < -0.3 is 24.5 Å². The molecule has 8 heteroatoms. The quantitative estimate of drug-likeness (QED) is 0.362. The van der Waals surface area contributed by atoms with Gasteiger partial charge in [0.1, 0.15) is 16.9 Å². The Bertz CT molecular complexity index is 1330. The van der Waals surface area contributed by atoms with Crippen molar-refractivity contribution >= 4 is 34.0 Å². The molecule has 0 bridgehead atoms. The largest absolute Gasteiger partial charge is 0.493 e. The van der Waals surface area contributed by atoms with Gasteiger partial charge in [-0.25, -0.2) is 14.8 Å². The van der Waals surface area contributed by atoms with Crippen molar-refractivity contribution in [3.05, 3.63) is 53.6 Å². The van der Waals surface area contributed by atoms with Gasteiger partial charge >= 0.3 is 5.97 Å². The standard InChI is InChI=1S/C26H30N4O4/c1-5-16(2)15-34-26(31)22-23-25(29-19-9-7-6-8-18(19)28-23)30(24(22)27)13-12-17-10-11-20(32-3)21(14-17)33-4/h6-11,14,16H,5,12-13,15,27H2,1-4H3/t16-/m0/s1. The molecule has 2 aromatic heterocycles. The topological polar surface area (TPSA) is 101 Å². The van der Waals surface area contributed by atoms with Gasteiger partial charge in [0.2, 0.25) is 0 Å². The van der Waals surface area contributed by atoms with Gasteiger partial charge in [0.25, 0.3) is 0 Å². The van der Waals surface area contributed by atoms with Crippen molar-refractivity contribution in [3.63, 3.8) is 0 Å². The van der Waals surface area contributed by atoms with Crippen LogP contribution in [0.5, 0.6) is 11.5 Å². The fourth-order valence-corrected chi connectivity index (χ4v) is 3.83. The molecule has 0 spiro atoms. The molecule has 2 aromatic carbocycles. The number of fused-ring (bicyclic) bond motifs is 2. The molecule has 0 saturated heterocycles. The molecule has 0 fully saturated rings. The van der Waals surface area contributed by atoms with Crippen LogP contribution in [-0.2, 0) is 17.7 Å². The van der Waals surface area contributed by atoms with E-state index in [-0.39, 0.29) is 11.5 Å². The van der Waals surface area contributed by atoms with E-state index in [0.717, 1.165) is 17.5 Å². The van der Waals surface area contributed by atoms with Gasteiger partial charge in [-0.3, -0.25) is 0 Å². The summed E-state index contributed by atoms with van der Waals surface area (Å²) < 4.78 is 18.2. The van der Waals surface area contributed by atoms with Crippen molar-refractivity contribution in [1.82, 2.24) is 14.5 Å². The van der Waals surface area contributed by atoms with Gasteiger partial charge in [-0.05, 0) is 42.2 Å². The van der Waals surface area contributed by atoms with Crippen molar-refractivity contribution < 1.29 is 19.0 Å². The number of esters is 1. The number of nitrogens with two attached hydrogens (primary N) is 1. The molecule has 1 atom stereocenters. The van der Waals surface area contributed by atoms with Gasteiger partial charge in [0.15, 0.2) is 17.1 Å². The Morgan fingerprint density at radius 1 is 1.06 bits per heavy atom. The Balaban J connectivity index is 1.74. The molecule has 0 aliphatic carbocycles. The minimum atomic E-state index is -0.475. The Morgan fingerprint density at radius 3 is 2.44 bits per heavy atom. The van der Waals surface area contributed by atoms with E-state index in [9.17, 15) is 4.79 Å². The maximum Gasteiger partial charge on any atom is 0.344 e. The highest BCUT2D eigenvalue weighted by molar-refractivity contribution is 6.08. The van der Waals surface area contributed by atoms with E-state index < -0.39 is 5.97 Å². The summed E-state index contributed by atoms with van der Waals surface area (Å²) in [5, 5.41) is 0. The highest BCUT2D eigenvalue weighted by Crippen LogP contribution is 2.31. The van der Waals surface area contributed by atoms with Crippen LogP contribution in [-0.4, -0.2) is 41.3 Å². The summed E-state index contributed by atoms with van der Waals surface area (Å²) in [5.41, 5.74) is 10.3. The van der Waals surface area contributed by atoms with Crippen LogP contribution in [0.2, 0.25) is 0 Å². The van der Waals surface area contributed by atoms with E-state index in [1.807, 2.05) is 54.0 Å². The number of nitrogen functional groups attached to an aromatic ring is 1. The molecule has 0 radical (unpaired) electrons. The molecule has 0 unspecified atom stereocenters. The van der Waals surface area contributed by atoms with Gasteiger partial charge in [-0.15, -0.1) is 0 Å². The lowest BCUT2D eigenvalue weighted by molar-refractivity contribution is 0.0450. The molecular weight excluding hydrogens is 432 g/mol. The van der Waals surface area contributed by atoms with Crippen LogP contribution < -0.4 is 15.2 Å². The molecule has 0 aliphatic rings. The third-order valence-electron chi connectivity index (χ3n) is 6.06. The second-order valence-corrected chi connectivity index (χ2v) is 8.35. The number of methoxy groups -OCH3 is 2. The van der Waals surface area contributed by atoms with Gasteiger partial charge in [0.05, 0.1) is 31.9 Å². The first-order valence-corrected chi connectivity index (χ1v) is 11.4. The molecule has 2 N–H and O–H groups in total. The van der Waals surface area contributed by atoms with E-state index in [2.05, 4.69) is 6.92 Å². The molecule has 2 heterocycles. The van der Waals surface area contributed by atoms with Crippen LogP contribution in [0.4, 0.5) is 5.82 Å². The van der Waals surface area contributed by atoms with Gasteiger partial charge in [-0.1, -0.05) is 38.5 Å². The predicted octanol–water partition coefficient (Wildman–Crippen LogP) is 4.63. The van der Waals surface area contributed by atoms with Crippen LogP contribution in [0.25, 0.3) is 22.2 Å². The van der Waals surface area contributed by atoms with Crippen molar-refractivity contribution in [2.45, 2.75) is 33.2 Å². The van der Waals surface area contributed by atoms with Crippen LogP contribution in [0.3, 0.4) is 0 Å². The Labute approximate surface area is 198 Å². The Kier molecular flexibility index (Phi) is 6.86. The third kappa shape index (κ3) is 4.48. The van der Waals surface area contributed by atoms with E-state index in [4.69, 9.17) is 29.9 Å². The number of hydrogen-bond donors (Lipinski definition) is 1. The molecular formula is C26H30N4O4. The number of aromatic nitrogens is 3. The number of nitrogens with zero attached hydrogens (tertiary/aromatic N) is 3. The van der Waals surface area contributed by atoms with Crippen LogP contribution >= 0.6 is 0 Å². The summed E-state index contributed by atoms with van der Waals surface area (Å²) in [5.74, 6) is 1.42. The minimum absolute atomic E-state index is 0.260. The SMILES string of the molecule is CC[C@H](C)COC(=O)c1c(N)n(CCc2ccc(OC)c(OC)c2)c2nc3ccccc3nc12. The highest BCUT2D eigenvalue weighted by atomic mass is 16.5. The minimum Gasteiger partial charge on any atom is -0.493 e. The number of carbonyl (C=O) groups is 1. The van der Waals surface area contributed by atoms with E-state index >= 15 is 0 Å². The predicted molar refractivity (Wildman–Crippen MR) is 132 cm³/mol. The fourth-order valence-electron chi connectivity index (χ4n) is 3.83. The zero-order chi connectivity index (χ0) is 24.2. The summed E-state index contributed by atoms with van der Waals surface area (Å²) in [6, 6.07) is 13.3. The smallest absolute Gasteiger partial charge is 0.344 e. The summed E-state index contributed by atoms with van der Waals surface area (Å²) in [6.07, 6.45) is 1.56. The molecule has 178 valence electrons. The molecule has 4 aromatic rings. The Hall–Kier alpha value is -3.81. The van der Waals surface area contributed by atoms with E-state index in [1.54, 1.807) is 14.2 Å². The highest BCUT2D eigenvalue weighted by Gasteiger charge is 2.25. The lowest BCUT2D eigenvalue weighted by atomic mass is 10.1. The zero-order valence-electron chi connectivity index (χ0n) is 20.0. The van der Waals surface area contributed by atoms with Crippen molar-refractivity contribution in [2.24, 2.45) is 5.92 Å². The lowest BCUT2D eigenvalue weighted by Gasteiger charge is -2.11. The van der Waals surface area contributed by atoms with Crippen LogP contribution in [0.1, 0.15) is 36.2 Å². The van der Waals surface area contributed by atoms with E-state index in [0.29, 0.717) is 53.6 Å². The second-order valence-electron chi connectivity index (χ2n) is 8.35. The number of hydrogen-bond acceptors (Lipinski definition) is 7. The van der Waals surface area contributed by atoms with Crippen molar-refractivity contribution in [3.8, 4) is 11.5 Å². The first kappa shape index (κ1) is 23.4. The number of carbonyl (C=O) groups excluding carboxylic acids is 1. The molecule has 0 amide bonds. The monoisotopic (exact) mass is 462 g/mol. The number of rotatable bonds is 9. The Morgan fingerprint density at radius 2 is 1.76 bits per heavy atom. The zero-order valence-corrected chi connectivity index (χ0v) is 20.0. The first-order valence-electron chi connectivity index (χ1n) is 11.4. The number of para-hydroxylation sites is 2. The molecule has 4 rings (SSSR count). The molecule has 0 saturated carbocycles. The maximum atomic E-state index is 13.1. The van der Waals surface area contributed by atoms with E-state index in [1.165, 1.54) is 0 Å². The fraction of sp³-hybridized carbons (Fsp3) is 0.346. The second kappa shape index (κ2) is 9.99. The maximum absolute atomic E-state index is 13.1. The summed E-state index contributed by atoms with van der Waals surface area (Å²) in [6.45, 7) is 4.93. The number of anilines is 1. The molecule has 34 heavy (non-hydrogen) atoms. The summed E-state index contributed by atoms with van der Waals surface area (Å²) in [7, 11) is 3.21. The normalized spacial score (nSPS) is 12.1. The molecule has 8 nitrogen and oxygen atoms in total. The summed E-state index contributed by atoms with van der Waals surface area (Å²) >= 11 is 0. The molecule has 0 aliphatic heterocycles. The number of aryl methyl sites for hydroxylation is 2. The third-order valence-corrected chi connectivity index (χ3v) is 6.06. The van der Waals surface area contributed by atoms with Gasteiger partial charge in [-0.2, -0.15) is 0 Å². The average Bonchev–Trinajstić information content (AvgIpc) is 3.13. The lowest BCUT2D eigenvalue weighted by Crippen LogP contribution is -2.14. The van der Waals surface area contributed by atoms with Gasteiger partial charge in [0, 0.05) is 6.54 Å². The van der Waals surface area contributed by atoms with Crippen molar-refractivity contribution in [1.29, 1.82) is 0 Å². The first-order chi connectivity index (χ1) is 16.5. The summed E-state index contributed by atoms with van der Waals surface area (Å²) in [4.78, 5) is 22.6. The number of benzene rings is 2. The van der Waals surface area contributed by atoms with Crippen LogP contribution in [0, 0.1) is 5.92 Å².